The number of Topliss-reactive ketones (excluding diaryl/α,β-unsaturated/α-hetero) is 1. The Labute approximate surface area is 74.5 Å². The summed E-state index contributed by atoms with van der Waals surface area (Å²) in [5, 5.41) is 0. The lowest BCUT2D eigenvalue weighted by atomic mass is 9.37. The van der Waals surface area contributed by atoms with Crippen molar-refractivity contribution >= 4 is 5.78 Å². The fourth-order valence-electron chi connectivity index (χ4n) is 3.35. The molecule has 0 amide bonds. The molecule has 3 saturated carbocycles. The normalized spacial score (nSPS) is 50.2. The SMILES string of the molecule is CC1CCC2(C)C(=O)C1C2(C)C. The predicted octanol–water partition coefficient (Wildman–Crippen LogP) is 2.65. The fraction of sp³-hybridized carbons (Fsp3) is 0.909. The number of ketones is 1. The summed E-state index contributed by atoms with van der Waals surface area (Å²) in [5.74, 6) is 1.51. The molecule has 0 heterocycles. The minimum atomic E-state index is 0.0180. The molecule has 0 aliphatic heterocycles. The van der Waals surface area contributed by atoms with Gasteiger partial charge in [-0.15, -0.1) is 0 Å². The lowest BCUT2D eigenvalue weighted by molar-refractivity contribution is -0.189. The highest BCUT2D eigenvalue weighted by atomic mass is 16.1. The first-order chi connectivity index (χ1) is 5.41. The quantitative estimate of drug-likeness (QED) is 0.540. The summed E-state index contributed by atoms with van der Waals surface area (Å²) in [6, 6.07) is 0. The van der Waals surface area contributed by atoms with Gasteiger partial charge in [0.25, 0.3) is 0 Å². The summed E-state index contributed by atoms with van der Waals surface area (Å²) in [6.07, 6.45) is 2.35. The van der Waals surface area contributed by atoms with E-state index < -0.39 is 0 Å². The standard InChI is InChI=1S/C11H18O/c1-7-5-6-11(4)9(12)8(7)10(11,2)3/h7-8H,5-6H2,1-4H3. The Hall–Kier alpha value is -0.330. The second-order valence-corrected chi connectivity index (χ2v) is 5.41. The van der Waals surface area contributed by atoms with Crippen molar-refractivity contribution in [3.63, 3.8) is 0 Å². The Kier molecular flexibility index (Phi) is 1.34. The van der Waals surface area contributed by atoms with Crippen molar-refractivity contribution in [1.29, 1.82) is 0 Å². The first-order valence-electron chi connectivity index (χ1n) is 4.95. The first kappa shape index (κ1) is 8.28. The minimum absolute atomic E-state index is 0.0180. The third-order valence-electron chi connectivity index (χ3n) is 4.69. The molecule has 1 nitrogen and oxygen atoms in total. The smallest absolute Gasteiger partial charge is 0.143 e. The number of rotatable bonds is 0. The molecule has 1 heteroatoms. The van der Waals surface area contributed by atoms with Gasteiger partial charge in [-0.05, 0) is 24.2 Å². The summed E-state index contributed by atoms with van der Waals surface area (Å²) >= 11 is 0. The first-order valence-corrected chi connectivity index (χ1v) is 4.95. The minimum Gasteiger partial charge on any atom is -0.299 e. The van der Waals surface area contributed by atoms with E-state index in [0.29, 0.717) is 17.6 Å². The van der Waals surface area contributed by atoms with E-state index in [9.17, 15) is 4.79 Å². The van der Waals surface area contributed by atoms with E-state index >= 15 is 0 Å². The van der Waals surface area contributed by atoms with Crippen LogP contribution in [0.25, 0.3) is 0 Å². The molecule has 3 unspecified atom stereocenters. The third kappa shape index (κ3) is 0.605. The van der Waals surface area contributed by atoms with Crippen molar-refractivity contribution in [2.75, 3.05) is 0 Å². The molecule has 0 spiro atoms. The molecular weight excluding hydrogens is 148 g/mol. The molecule has 0 radical (unpaired) electrons. The van der Waals surface area contributed by atoms with Crippen LogP contribution in [-0.2, 0) is 4.79 Å². The van der Waals surface area contributed by atoms with Crippen molar-refractivity contribution in [1.82, 2.24) is 0 Å². The van der Waals surface area contributed by atoms with Crippen molar-refractivity contribution in [2.24, 2.45) is 22.7 Å². The summed E-state index contributed by atoms with van der Waals surface area (Å²) in [5.41, 5.74) is 0.284. The van der Waals surface area contributed by atoms with Crippen LogP contribution in [0.15, 0.2) is 0 Å². The van der Waals surface area contributed by atoms with Crippen LogP contribution in [-0.4, -0.2) is 5.78 Å². The average molecular weight is 166 g/mol. The van der Waals surface area contributed by atoms with E-state index in [1.807, 2.05) is 0 Å². The molecule has 0 aromatic carbocycles. The Bertz CT molecular complexity index is 241. The Morgan fingerprint density at radius 1 is 1.33 bits per heavy atom. The van der Waals surface area contributed by atoms with E-state index in [2.05, 4.69) is 27.7 Å². The average Bonchev–Trinajstić information content (AvgIpc) is 1.97. The molecule has 0 aromatic rings. The highest BCUT2D eigenvalue weighted by Gasteiger charge is 2.67. The maximum atomic E-state index is 11.8. The highest BCUT2D eigenvalue weighted by Crippen LogP contribution is 2.66. The van der Waals surface area contributed by atoms with Crippen LogP contribution in [0, 0.1) is 22.7 Å². The van der Waals surface area contributed by atoms with Crippen molar-refractivity contribution in [2.45, 2.75) is 40.5 Å². The second-order valence-electron chi connectivity index (χ2n) is 5.41. The monoisotopic (exact) mass is 166 g/mol. The molecular formula is C11H18O. The number of hydrogen-bond donors (Lipinski definition) is 0. The van der Waals surface area contributed by atoms with Crippen LogP contribution in [0.2, 0.25) is 0 Å². The van der Waals surface area contributed by atoms with Gasteiger partial charge in [0.1, 0.15) is 5.78 Å². The molecule has 3 aliphatic rings. The van der Waals surface area contributed by atoms with Gasteiger partial charge >= 0.3 is 0 Å². The topological polar surface area (TPSA) is 17.1 Å². The van der Waals surface area contributed by atoms with E-state index in [0.717, 1.165) is 6.42 Å². The van der Waals surface area contributed by atoms with Gasteiger partial charge in [0, 0.05) is 11.3 Å². The van der Waals surface area contributed by atoms with Gasteiger partial charge in [0.15, 0.2) is 0 Å². The summed E-state index contributed by atoms with van der Waals surface area (Å²) in [4.78, 5) is 11.8. The molecule has 3 aliphatic carbocycles. The second kappa shape index (κ2) is 1.94. The van der Waals surface area contributed by atoms with Crippen LogP contribution in [0.5, 0.6) is 0 Å². The van der Waals surface area contributed by atoms with E-state index in [-0.39, 0.29) is 10.8 Å². The molecule has 0 N–H and O–H groups in total. The highest BCUT2D eigenvalue weighted by molar-refractivity contribution is 5.95. The van der Waals surface area contributed by atoms with Crippen molar-refractivity contribution < 1.29 is 4.79 Å². The fourth-order valence-corrected chi connectivity index (χ4v) is 3.35. The molecule has 3 rings (SSSR count). The maximum absolute atomic E-state index is 11.8. The molecule has 2 bridgehead atoms. The number of carbonyl (C=O) groups excluding carboxylic acids is 1. The Morgan fingerprint density at radius 2 is 1.92 bits per heavy atom. The van der Waals surface area contributed by atoms with E-state index in [4.69, 9.17) is 0 Å². The molecule has 12 heavy (non-hydrogen) atoms. The van der Waals surface area contributed by atoms with Gasteiger partial charge in [-0.25, -0.2) is 0 Å². The number of hydrogen-bond acceptors (Lipinski definition) is 1. The zero-order valence-electron chi connectivity index (χ0n) is 8.48. The number of fused-ring (bicyclic) bond motifs is 2. The molecule has 0 saturated heterocycles. The summed E-state index contributed by atoms with van der Waals surface area (Å²) in [7, 11) is 0. The molecule has 68 valence electrons. The summed E-state index contributed by atoms with van der Waals surface area (Å²) in [6.45, 7) is 8.89. The Morgan fingerprint density at radius 3 is 2.25 bits per heavy atom. The van der Waals surface area contributed by atoms with E-state index in [1.165, 1.54) is 6.42 Å². The zero-order chi connectivity index (χ0) is 9.15. The van der Waals surface area contributed by atoms with Gasteiger partial charge in [-0.1, -0.05) is 27.7 Å². The van der Waals surface area contributed by atoms with Crippen molar-refractivity contribution in [3.8, 4) is 0 Å². The van der Waals surface area contributed by atoms with Gasteiger partial charge in [0.05, 0.1) is 0 Å². The maximum Gasteiger partial charge on any atom is 0.143 e. The lowest BCUT2D eigenvalue weighted by Crippen LogP contribution is -2.67. The van der Waals surface area contributed by atoms with Crippen LogP contribution in [0.3, 0.4) is 0 Å². The van der Waals surface area contributed by atoms with Gasteiger partial charge in [-0.3, -0.25) is 4.79 Å². The van der Waals surface area contributed by atoms with Crippen LogP contribution < -0.4 is 0 Å². The lowest BCUT2D eigenvalue weighted by Gasteiger charge is -2.64. The summed E-state index contributed by atoms with van der Waals surface area (Å²) < 4.78 is 0. The third-order valence-corrected chi connectivity index (χ3v) is 4.69. The molecule has 3 fully saturated rings. The van der Waals surface area contributed by atoms with Gasteiger partial charge in [-0.2, -0.15) is 0 Å². The zero-order valence-corrected chi connectivity index (χ0v) is 8.48. The van der Waals surface area contributed by atoms with Crippen LogP contribution in [0.1, 0.15) is 40.5 Å². The Balaban J connectivity index is 2.38. The van der Waals surface area contributed by atoms with Crippen LogP contribution in [0.4, 0.5) is 0 Å². The van der Waals surface area contributed by atoms with Crippen molar-refractivity contribution in [3.05, 3.63) is 0 Å². The van der Waals surface area contributed by atoms with Gasteiger partial charge < -0.3 is 0 Å². The van der Waals surface area contributed by atoms with E-state index in [1.54, 1.807) is 0 Å². The van der Waals surface area contributed by atoms with Gasteiger partial charge in [0.2, 0.25) is 0 Å². The molecule has 3 atom stereocenters. The van der Waals surface area contributed by atoms with Crippen LogP contribution >= 0.6 is 0 Å². The number of carbonyl (C=O) groups is 1. The predicted molar refractivity (Wildman–Crippen MR) is 48.8 cm³/mol. The largest absolute Gasteiger partial charge is 0.299 e. The molecule has 0 aromatic heterocycles.